The lowest BCUT2D eigenvalue weighted by Gasteiger charge is -2.35. The Kier molecular flexibility index (Phi) is 8.76. The van der Waals surface area contributed by atoms with Gasteiger partial charge in [0.25, 0.3) is 11.5 Å². The van der Waals surface area contributed by atoms with E-state index in [2.05, 4.69) is 21.8 Å². The molecule has 2 aromatic heterocycles. The van der Waals surface area contributed by atoms with Crippen LogP contribution < -0.4 is 15.6 Å². The molecule has 2 aliphatic heterocycles. The van der Waals surface area contributed by atoms with Gasteiger partial charge < -0.3 is 20.1 Å². The fourth-order valence-electron chi connectivity index (χ4n) is 4.93. The van der Waals surface area contributed by atoms with E-state index in [9.17, 15) is 27.5 Å². The van der Waals surface area contributed by atoms with Gasteiger partial charge in [0.15, 0.2) is 11.5 Å². The molecule has 1 saturated heterocycles. The number of aromatic hydroxyl groups is 1. The molecular formula is C27H34FN5O6S. The molecule has 0 aromatic carbocycles. The third-order valence-corrected chi connectivity index (χ3v) is 8.44. The van der Waals surface area contributed by atoms with E-state index in [1.54, 1.807) is 13.0 Å². The normalized spacial score (nSPS) is 18.7. The zero-order valence-corrected chi connectivity index (χ0v) is 23.6. The highest BCUT2D eigenvalue weighted by Gasteiger charge is 2.32. The standard InChI is InChI=1S/C27H34FN5O6S/c1-5-19(28)7-6-17(2)14-18-15-30-22-23-25(18)39-20(8-9-31-10-12-32(13-11-31)40(4,37)38)16-33(23)27(36)21(24(22)34)26(35)29-3/h5-7,15,20,34H,2,8-14,16H2,1,3-4H3,(H,29,35)/b7-6-,19-5+/t20-/m1/s1. The number of rotatable bonds is 9. The van der Waals surface area contributed by atoms with Crippen molar-refractivity contribution in [3.05, 3.63) is 63.9 Å². The zero-order chi connectivity index (χ0) is 29.2. The summed E-state index contributed by atoms with van der Waals surface area (Å²) >= 11 is 0. The number of aromatic nitrogens is 2. The molecule has 0 unspecified atom stereocenters. The van der Waals surface area contributed by atoms with Crippen molar-refractivity contribution in [3.63, 3.8) is 0 Å². The molecule has 11 nitrogen and oxygen atoms in total. The number of allylic oxidation sites excluding steroid dienone is 5. The molecule has 2 aromatic rings. The number of nitrogens with one attached hydrogen (secondary N) is 1. The van der Waals surface area contributed by atoms with Crippen LogP contribution >= 0.6 is 0 Å². The lowest BCUT2D eigenvalue weighted by atomic mass is 10.0. The Balaban J connectivity index is 1.66. The number of sulfonamides is 1. The van der Waals surface area contributed by atoms with Crippen LogP contribution in [0.1, 0.15) is 29.3 Å². The number of nitrogens with zero attached hydrogens (tertiary/aromatic N) is 4. The van der Waals surface area contributed by atoms with Gasteiger partial charge in [-0.1, -0.05) is 24.3 Å². The number of hydrogen-bond donors (Lipinski definition) is 2. The quantitative estimate of drug-likeness (QED) is 0.432. The van der Waals surface area contributed by atoms with Crippen molar-refractivity contribution in [2.75, 3.05) is 46.0 Å². The molecule has 1 fully saturated rings. The topological polar surface area (TPSA) is 134 Å². The van der Waals surface area contributed by atoms with E-state index >= 15 is 0 Å². The highest BCUT2D eigenvalue weighted by molar-refractivity contribution is 7.88. The van der Waals surface area contributed by atoms with Crippen LogP contribution in [-0.2, 0) is 23.0 Å². The van der Waals surface area contributed by atoms with Crippen LogP contribution in [0.15, 0.2) is 47.2 Å². The molecule has 0 bridgehead atoms. The summed E-state index contributed by atoms with van der Waals surface area (Å²) in [7, 11) is -1.87. The van der Waals surface area contributed by atoms with Gasteiger partial charge >= 0.3 is 0 Å². The molecule has 216 valence electrons. The van der Waals surface area contributed by atoms with Crippen molar-refractivity contribution in [1.29, 1.82) is 0 Å². The van der Waals surface area contributed by atoms with Crippen LogP contribution in [-0.4, -0.2) is 90.3 Å². The van der Waals surface area contributed by atoms with Gasteiger partial charge in [0, 0.05) is 58.0 Å². The van der Waals surface area contributed by atoms with Crippen LogP contribution in [0.4, 0.5) is 4.39 Å². The molecule has 4 heterocycles. The average Bonchev–Trinajstić information content (AvgIpc) is 2.93. The molecule has 2 N–H and O–H groups in total. The summed E-state index contributed by atoms with van der Waals surface area (Å²) < 4.78 is 46.5. The molecule has 40 heavy (non-hydrogen) atoms. The van der Waals surface area contributed by atoms with E-state index in [1.807, 2.05) is 0 Å². The molecule has 1 atom stereocenters. The maximum atomic E-state index is 13.6. The Labute approximate surface area is 232 Å². The molecule has 1 amide bonds. The van der Waals surface area contributed by atoms with E-state index in [0.717, 1.165) is 0 Å². The number of piperazine rings is 1. The van der Waals surface area contributed by atoms with Crippen molar-refractivity contribution in [2.24, 2.45) is 0 Å². The van der Waals surface area contributed by atoms with Gasteiger partial charge in [0.05, 0.1) is 12.8 Å². The first-order valence-corrected chi connectivity index (χ1v) is 14.8. The second-order valence-electron chi connectivity index (χ2n) is 9.90. The number of ether oxygens (including phenoxy) is 1. The highest BCUT2D eigenvalue weighted by atomic mass is 32.2. The Morgan fingerprint density at radius 1 is 1.30 bits per heavy atom. The SMILES string of the molecule is C=C(/C=C\C(F)=C/C)Cc1cnc2c(O)c(C(=O)NC)c(=O)n3c2c1O[C@H](CCN1CCN(S(C)(=O)=O)CC1)C3. The van der Waals surface area contributed by atoms with Crippen molar-refractivity contribution in [2.45, 2.75) is 32.4 Å². The molecule has 13 heteroatoms. The summed E-state index contributed by atoms with van der Waals surface area (Å²) in [5.41, 5.74) is 0.454. The van der Waals surface area contributed by atoms with Gasteiger partial charge in [-0.05, 0) is 19.4 Å². The lowest BCUT2D eigenvalue weighted by molar-refractivity contribution is 0.0955. The second-order valence-corrected chi connectivity index (χ2v) is 11.9. The Hall–Kier alpha value is -3.55. The zero-order valence-electron chi connectivity index (χ0n) is 22.8. The maximum absolute atomic E-state index is 13.6. The Bertz CT molecular complexity index is 1560. The third-order valence-electron chi connectivity index (χ3n) is 7.13. The number of carbonyl (C=O) groups is 1. The summed E-state index contributed by atoms with van der Waals surface area (Å²) in [6.07, 6.45) is 7.19. The molecule has 0 spiro atoms. The molecular weight excluding hydrogens is 541 g/mol. The van der Waals surface area contributed by atoms with Crippen LogP contribution in [0.25, 0.3) is 11.0 Å². The smallest absolute Gasteiger partial charge is 0.268 e. The first-order valence-electron chi connectivity index (χ1n) is 13.0. The Morgan fingerprint density at radius 3 is 2.62 bits per heavy atom. The van der Waals surface area contributed by atoms with E-state index in [4.69, 9.17) is 4.74 Å². The van der Waals surface area contributed by atoms with Crippen molar-refractivity contribution in [1.82, 2.24) is 24.1 Å². The van der Waals surface area contributed by atoms with Crippen LogP contribution in [0.3, 0.4) is 0 Å². The van der Waals surface area contributed by atoms with Gasteiger partial charge in [0.1, 0.15) is 28.5 Å². The molecule has 0 saturated carbocycles. The van der Waals surface area contributed by atoms with Gasteiger partial charge in [-0.2, -0.15) is 4.31 Å². The minimum atomic E-state index is -3.24. The lowest BCUT2D eigenvalue weighted by Crippen LogP contribution is -2.49. The van der Waals surface area contributed by atoms with E-state index in [-0.39, 0.29) is 24.0 Å². The fourth-order valence-corrected chi connectivity index (χ4v) is 5.76. The number of carbonyl (C=O) groups excluding carboxylic acids is 1. The van der Waals surface area contributed by atoms with E-state index in [1.165, 1.54) is 40.5 Å². The van der Waals surface area contributed by atoms with Gasteiger partial charge in [-0.15, -0.1) is 0 Å². The second kappa shape index (κ2) is 11.9. The maximum Gasteiger partial charge on any atom is 0.268 e. The predicted octanol–water partition coefficient (Wildman–Crippen LogP) is 1.72. The molecule has 0 aliphatic carbocycles. The van der Waals surface area contributed by atoms with Crippen LogP contribution in [0.5, 0.6) is 11.5 Å². The minimum Gasteiger partial charge on any atom is -0.505 e. The van der Waals surface area contributed by atoms with Crippen molar-refractivity contribution >= 4 is 27.0 Å². The Morgan fingerprint density at radius 2 is 2.00 bits per heavy atom. The number of pyridine rings is 2. The summed E-state index contributed by atoms with van der Waals surface area (Å²) in [6.45, 7) is 8.26. The average molecular weight is 576 g/mol. The van der Waals surface area contributed by atoms with Gasteiger partial charge in [-0.3, -0.25) is 19.1 Å². The largest absolute Gasteiger partial charge is 0.505 e. The van der Waals surface area contributed by atoms with Crippen LogP contribution in [0, 0.1) is 0 Å². The third kappa shape index (κ3) is 6.11. The first kappa shape index (κ1) is 29.4. The number of halogens is 1. The summed E-state index contributed by atoms with van der Waals surface area (Å²) in [5, 5.41) is 13.2. The van der Waals surface area contributed by atoms with E-state index in [0.29, 0.717) is 56.0 Å². The fraction of sp³-hybridized carbons (Fsp3) is 0.444. The van der Waals surface area contributed by atoms with Crippen molar-refractivity contribution < 1.29 is 27.4 Å². The highest BCUT2D eigenvalue weighted by Crippen LogP contribution is 2.38. The van der Waals surface area contributed by atoms with E-state index < -0.39 is 44.7 Å². The minimum absolute atomic E-state index is 0.0633. The molecule has 2 aliphatic rings. The monoisotopic (exact) mass is 575 g/mol. The number of hydrogen-bond acceptors (Lipinski definition) is 8. The van der Waals surface area contributed by atoms with Crippen LogP contribution in [0.2, 0.25) is 0 Å². The summed E-state index contributed by atoms with van der Waals surface area (Å²) in [4.78, 5) is 32.4. The summed E-state index contributed by atoms with van der Waals surface area (Å²) in [6, 6.07) is 0. The van der Waals surface area contributed by atoms with Crippen molar-refractivity contribution in [3.8, 4) is 11.5 Å². The summed E-state index contributed by atoms with van der Waals surface area (Å²) in [5.74, 6) is -1.31. The number of amides is 1. The molecule has 0 radical (unpaired) electrons. The molecule has 4 rings (SSSR count). The van der Waals surface area contributed by atoms with Gasteiger partial charge in [-0.25, -0.2) is 12.8 Å². The van der Waals surface area contributed by atoms with Gasteiger partial charge in [0.2, 0.25) is 10.0 Å². The first-order chi connectivity index (χ1) is 18.9. The predicted molar refractivity (Wildman–Crippen MR) is 150 cm³/mol.